The maximum Gasteiger partial charge on any atom is 0.265 e. The van der Waals surface area contributed by atoms with Gasteiger partial charge in [-0.3, -0.25) is 13.9 Å². The summed E-state index contributed by atoms with van der Waals surface area (Å²) >= 11 is 6.31. The van der Waals surface area contributed by atoms with Gasteiger partial charge in [-0.15, -0.1) is 0 Å². The Bertz CT molecular complexity index is 1370. The Balaban J connectivity index is 1.50. The number of anilines is 1. The highest BCUT2D eigenvalue weighted by atomic mass is 35.5. The monoisotopic (exact) mass is 513 g/mol. The summed E-state index contributed by atoms with van der Waals surface area (Å²) in [5, 5.41) is 4.86. The predicted molar refractivity (Wildman–Crippen MR) is 138 cm³/mol. The van der Waals surface area contributed by atoms with Crippen LogP contribution < -0.4 is 9.62 Å². The van der Waals surface area contributed by atoms with Crippen LogP contribution in [0, 0.1) is 0 Å². The van der Waals surface area contributed by atoms with E-state index >= 15 is 0 Å². The van der Waals surface area contributed by atoms with Gasteiger partial charge in [0.1, 0.15) is 6.04 Å². The van der Waals surface area contributed by atoms with Gasteiger partial charge in [0, 0.05) is 36.5 Å². The molecule has 7 nitrogen and oxygen atoms in total. The molecule has 0 saturated carbocycles. The number of benzene rings is 3. The van der Waals surface area contributed by atoms with E-state index in [0.717, 1.165) is 10.9 Å². The lowest BCUT2D eigenvalue weighted by Crippen LogP contribution is -2.47. The van der Waals surface area contributed by atoms with E-state index in [0.29, 0.717) is 34.0 Å². The van der Waals surface area contributed by atoms with Gasteiger partial charge in [0.25, 0.3) is 10.0 Å². The van der Waals surface area contributed by atoms with Crippen LogP contribution in [0.3, 0.4) is 0 Å². The maximum absolute atomic E-state index is 13.3. The Kier molecular flexibility index (Phi) is 7.33. The molecule has 0 aliphatic carbocycles. The molecule has 35 heavy (non-hydrogen) atoms. The normalized spacial score (nSPS) is 14.7. The Morgan fingerprint density at radius 3 is 2.49 bits per heavy atom. The molecule has 3 aromatic carbocycles. The van der Waals surface area contributed by atoms with Gasteiger partial charge in [0.05, 0.1) is 10.6 Å². The number of nitrogens with zero attached hydrogens (tertiary/aromatic N) is 2. The van der Waals surface area contributed by atoms with Gasteiger partial charge in [-0.1, -0.05) is 54.1 Å². The van der Waals surface area contributed by atoms with Gasteiger partial charge in [0.15, 0.2) is 0 Å². The van der Waals surface area contributed by atoms with Crippen LogP contribution in [0.1, 0.15) is 32.3 Å². The first kappa shape index (κ1) is 25.0. The number of halogens is 1. The highest BCUT2D eigenvalue weighted by molar-refractivity contribution is 7.93. The van der Waals surface area contributed by atoms with E-state index in [4.69, 9.17) is 11.6 Å². The van der Waals surface area contributed by atoms with Gasteiger partial charge in [0.2, 0.25) is 11.8 Å². The lowest BCUT2D eigenvalue weighted by molar-refractivity contribution is -0.140. The molecule has 0 saturated heterocycles. The van der Waals surface area contributed by atoms with Gasteiger partial charge >= 0.3 is 0 Å². The minimum atomic E-state index is -3.68. The second-order valence-electron chi connectivity index (χ2n) is 8.50. The molecular weight excluding hydrogens is 486 g/mol. The average molecular weight is 514 g/mol. The fourth-order valence-corrected chi connectivity index (χ4v) is 6.38. The molecule has 2 amide bonds. The van der Waals surface area contributed by atoms with Crippen molar-refractivity contribution >= 4 is 49.9 Å². The molecular formula is C26H28ClN3O4S. The van der Waals surface area contributed by atoms with E-state index in [1.807, 2.05) is 37.3 Å². The first-order chi connectivity index (χ1) is 16.8. The van der Waals surface area contributed by atoms with Crippen molar-refractivity contribution in [1.82, 2.24) is 10.2 Å². The van der Waals surface area contributed by atoms with E-state index in [9.17, 15) is 18.0 Å². The van der Waals surface area contributed by atoms with Crippen LogP contribution in [0.5, 0.6) is 0 Å². The van der Waals surface area contributed by atoms with E-state index < -0.39 is 16.1 Å². The van der Waals surface area contributed by atoms with Gasteiger partial charge in [-0.2, -0.15) is 0 Å². The fourth-order valence-electron chi connectivity index (χ4n) is 4.43. The molecule has 0 fully saturated rings. The second-order valence-corrected chi connectivity index (χ2v) is 10.7. The Morgan fingerprint density at radius 2 is 1.77 bits per heavy atom. The summed E-state index contributed by atoms with van der Waals surface area (Å²) in [6.45, 7) is 4.30. The summed E-state index contributed by atoms with van der Waals surface area (Å²) in [5.74, 6) is -0.492. The van der Waals surface area contributed by atoms with Crippen LogP contribution in [-0.2, 0) is 26.2 Å². The highest BCUT2D eigenvalue weighted by Crippen LogP contribution is 2.42. The minimum absolute atomic E-state index is 0.0898. The summed E-state index contributed by atoms with van der Waals surface area (Å²) in [4.78, 5) is 27.6. The van der Waals surface area contributed by atoms with Gasteiger partial charge in [-0.05, 0) is 49.4 Å². The zero-order chi connectivity index (χ0) is 25.2. The Hall–Kier alpha value is -3.10. The largest absolute Gasteiger partial charge is 0.355 e. The summed E-state index contributed by atoms with van der Waals surface area (Å²) in [5.41, 5.74) is 1.37. The summed E-state index contributed by atoms with van der Waals surface area (Å²) in [6, 6.07) is 17.3. The molecule has 3 aromatic rings. The molecule has 184 valence electrons. The smallest absolute Gasteiger partial charge is 0.265 e. The van der Waals surface area contributed by atoms with Crippen LogP contribution in [0.4, 0.5) is 5.69 Å². The molecule has 0 bridgehead atoms. The van der Waals surface area contributed by atoms with Gasteiger partial charge < -0.3 is 10.2 Å². The molecule has 1 aliphatic heterocycles. The number of hydrogen-bond donors (Lipinski definition) is 1. The molecule has 1 atom stereocenters. The molecule has 4 rings (SSSR count). The summed E-state index contributed by atoms with van der Waals surface area (Å²) in [6.07, 6.45) is 0.399. The van der Waals surface area contributed by atoms with Crippen LogP contribution in [0.2, 0.25) is 5.02 Å². The number of likely N-dealkylation sites (N-methyl/N-ethyl adjacent to an activating group) is 1. The van der Waals surface area contributed by atoms with Gasteiger partial charge in [-0.25, -0.2) is 8.42 Å². The molecule has 1 aliphatic rings. The first-order valence-electron chi connectivity index (χ1n) is 11.6. The van der Waals surface area contributed by atoms with Crippen molar-refractivity contribution in [2.45, 2.75) is 44.2 Å². The third kappa shape index (κ3) is 4.86. The van der Waals surface area contributed by atoms with Crippen molar-refractivity contribution < 1.29 is 18.0 Å². The van der Waals surface area contributed by atoms with Crippen LogP contribution in [-0.4, -0.2) is 44.3 Å². The standard InChI is InChI=1S/C26H28ClN3O4S/c1-3-28-26(32)18(2)29(17-20-9-4-5-12-21(20)27)24(31)15-8-16-30-22-13-6-10-19-11-7-14-23(25(19)22)35(30,33)34/h4-7,9-14,18H,3,8,15-17H2,1-2H3,(H,28,32)/t18-/m0/s1. The molecule has 1 N–H and O–H groups in total. The molecule has 0 aromatic heterocycles. The lowest BCUT2D eigenvalue weighted by Gasteiger charge is -2.29. The summed E-state index contributed by atoms with van der Waals surface area (Å²) < 4.78 is 27.7. The van der Waals surface area contributed by atoms with Crippen molar-refractivity contribution in [3.8, 4) is 0 Å². The van der Waals surface area contributed by atoms with E-state index in [1.54, 1.807) is 37.3 Å². The van der Waals surface area contributed by atoms with Crippen molar-refractivity contribution in [2.24, 2.45) is 0 Å². The number of rotatable bonds is 9. The van der Waals surface area contributed by atoms with E-state index in [1.165, 1.54) is 9.21 Å². The number of carbonyl (C=O) groups is 2. The van der Waals surface area contributed by atoms with E-state index in [-0.39, 0.29) is 31.3 Å². The van der Waals surface area contributed by atoms with Crippen molar-refractivity contribution in [3.05, 3.63) is 71.2 Å². The first-order valence-corrected chi connectivity index (χ1v) is 13.4. The zero-order valence-electron chi connectivity index (χ0n) is 19.7. The summed E-state index contributed by atoms with van der Waals surface area (Å²) in [7, 11) is -3.68. The lowest BCUT2D eigenvalue weighted by atomic mass is 10.1. The number of carbonyl (C=O) groups excluding carboxylic acids is 2. The fraction of sp³-hybridized carbons (Fsp3) is 0.308. The molecule has 0 radical (unpaired) electrons. The molecule has 0 spiro atoms. The van der Waals surface area contributed by atoms with Crippen molar-refractivity contribution in [1.29, 1.82) is 0 Å². The van der Waals surface area contributed by atoms with Crippen LogP contribution in [0.15, 0.2) is 65.6 Å². The molecule has 1 heterocycles. The third-order valence-electron chi connectivity index (χ3n) is 6.25. The quantitative estimate of drug-likeness (QED) is 0.461. The Morgan fingerprint density at radius 1 is 1.06 bits per heavy atom. The third-order valence-corrected chi connectivity index (χ3v) is 8.47. The Labute approximate surface area is 210 Å². The van der Waals surface area contributed by atoms with Crippen molar-refractivity contribution in [2.75, 3.05) is 17.4 Å². The number of nitrogens with one attached hydrogen (secondary N) is 1. The second kappa shape index (κ2) is 10.3. The van der Waals surface area contributed by atoms with E-state index in [2.05, 4.69) is 5.32 Å². The average Bonchev–Trinajstić information content (AvgIpc) is 3.06. The molecule has 9 heteroatoms. The van der Waals surface area contributed by atoms with Crippen molar-refractivity contribution in [3.63, 3.8) is 0 Å². The highest BCUT2D eigenvalue weighted by Gasteiger charge is 2.35. The number of hydrogen-bond acceptors (Lipinski definition) is 4. The number of amides is 2. The molecule has 0 unspecified atom stereocenters. The SMILES string of the molecule is CCNC(=O)[C@H](C)N(Cc1ccccc1Cl)C(=O)CCCN1c2cccc3cccc(c23)S1(=O)=O. The maximum atomic E-state index is 13.3. The number of sulfonamides is 1. The van der Waals surface area contributed by atoms with Crippen LogP contribution in [0.25, 0.3) is 10.8 Å². The zero-order valence-corrected chi connectivity index (χ0v) is 21.3. The van der Waals surface area contributed by atoms with Crippen LogP contribution >= 0.6 is 11.6 Å². The minimum Gasteiger partial charge on any atom is -0.355 e. The topological polar surface area (TPSA) is 86.8 Å². The predicted octanol–water partition coefficient (Wildman–Crippen LogP) is 4.34.